The van der Waals surface area contributed by atoms with Gasteiger partial charge in [0.05, 0.1) is 22.9 Å². The van der Waals surface area contributed by atoms with Crippen molar-refractivity contribution in [2.75, 3.05) is 13.1 Å². The van der Waals surface area contributed by atoms with Crippen LogP contribution in [0.3, 0.4) is 0 Å². The van der Waals surface area contributed by atoms with Gasteiger partial charge < -0.3 is 19.4 Å². The first-order valence-electron chi connectivity index (χ1n) is 9.97. The lowest BCUT2D eigenvalue weighted by Crippen LogP contribution is -2.49. The van der Waals surface area contributed by atoms with Gasteiger partial charge in [-0.05, 0) is 73.7 Å². The summed E-state index contributed by atoms with van der Waals surface area (Å²) in [5.41, 5.74) is -0.398. The van der Waals surface area contributed by atoms with E-state index in [4.69, 9.17) is 9.39 Å². The van der Waals surface area contributed by atoms with Crippen molar-refractivity contribution in [3.8, 4) is 0 Å². The molecule has 0 aliphatic carbocycles. The van der Waals surface area contributed by atoms with Crippen LogP contribution in [0.15, 0.2) is 6.20 Å². The zero-order valence-corrected chi connectivity index (χ0v) is 18.6. The molecule has 1 amide bonds. The van der Waals surface area contributed by atoms with E-state index in [1.165, 1.54) is 0 Å². The molecule has 2 heterocycles. The molecule has 1 aliphatic rings. The summed E-state index contributed by atoms with van der Waals surface area (Å²) in [6.45, 7) is 16.1. The Morgan fingerprint density at radius 3 is 2.25 bits per heavy atom. The van der Waals surface area contributed by atoms with Crippen LogP contribution in [-0.4, -0.2) is 63.3 Å². The summed E-state index contributed by atoms with van der Waals surface area (Å²) in [5.74, 6) is 0. The van der Waals surface area contributed by atoms with E-state index in [1.54, 1.807) is 26.2 Å². The first kappa shape index (κ1) is 22.8. The van der Waals surface area contributed by atoms with Crippen molar-refractivity contribution >= 4 is 19.0 Å². The number of rotatable bonds is 5. The molecule has 0 atom stereocenters. The third-order valence-electron chi connectivity index (χ3n) is 5.40. The Balaban J connectivity index is 1.94. The van der Waals surface area contributed by atoms with Crippen LogP contribution in [0.1, 0.15) is 73.0 Å². The highest BCUT2D eigenvalue weighted by atomic mass is 16.6. The molecule has 0 aromatic carbocycles. The quantitative estimate of drug-likeness (QED) is 0.780. The molecule has 157 valence electrons. The Labute approximate surface area is 169 Å². The maximum absolute atomic E-state index is 12.2. The van der Waals surface area contributed by atoms with Crippen LogP contribution in [0.2, 0.25) is 0 Å². The van der Waals surface area contributed by atoms with Crippen LogP contribution in [0.25, 0.3) is 0 Å². The maximum atomic E-state index is 12.2. The summed E-state index contributed by atoms with van der Waals surface area (Å²) in [5, 5.41) is 14.9. The number of carbonyl (C=O) groups is 1. The van der Waals surface area contributed by atoms with Gasteiger partial charge in [0.1, 0.15) is 5.60 Å². The summed E-state index contributed by atoms with van der Waals surface area (Å²) < 4.78 is 13.3. The third kappa shape index (κ3) is 5.73. The Morgan fingerprint density at radius 1 is 1.18 bits per heavy atom. The van der Waals surface area contributed by atoms with Gasteiger partial charge in [0.15, 0.2) is 0 Å². The topological polar surface area (TPSA) is 76.8 Å². The lowest BCUT2D eigenvalue weighted by molar-refractivity contribution is -0.0893. The van der Waals surface area contributed by atoms with E-state index in [9.17, 15) is 9.90 Å². The molecule has 7 nitrogen and oxygen atoms in total. The van der Waals surface area contributed by atoms with Crippen molar-refractivity contribution in [2.24, 2.45) is 0 Å². The smallest absolute Gasteiger partial charge is 0.410 e. The van der Waals surface area contributed by atoms with E-state index in [-0.39, 0.29) is 12.1 Å². The fraction of sp³-hybridized carbons (Fsp3) is 0.800. The number of amides is 1. The number of aliphatic hydroxyl groups is 1. The van der Waals surface area contributed by atoms with Crippen LogP contribution in [-0.2, 0) is 9.39 Å². The Bertz CT molecular complexity index is 681. The van der Waals surface area contributed by atoms with Gasteiger partial charge in [-0.1, -0.05) is 0 Å². The molecule has 0 saturated carbocycles. The minimum atomic E-state index is -0.970. The third-order valence-corrected chi connectivity index (χ3v) is 5.40. The van der Waals surface area contributed by atoms with Crippen LogP contribution < -0.4 is 5.46 Å². The molecule has 0 spiro atoms. The van der Waals surface area contributed by atoms with Crippen LogP contribution in [0.4, 0.5) is 4.79 Å². The van der Waals surface area contributed by atoms with Gasteiger partial charge in [0.2, 0.25) is 0 Å². The Hall–Kier alpha value is -1.54. The summed E-state index contributed by atoms with van der Waals surface area (Å²) >= 11 is 0. The molecule has 0 bridgehead atoms. The zero-order valence-electron chi connectivity index (χ0n) is 18.6. The normalized spacial score (nSPS) is 17.0. The largest absolute Gasteiger partial charge is 0.444 e. The zero-order chi connectivity index (χ0) is 21.3. The highest BCUT2D eigenvalue weighted by Gasteiger charge is 2.36. The average molecular weight is 392 g/mol. The van der Waals surface area contributed by atoms with Crippen LogP contribution in [0, 0.1) is 6.92 Å². The number of nitrogens with zero attached hydrogens (tertiary/aromatic N) is 3. The molecule has 1 aromatic heterocycles. The standard InChI is InChI=1S/C20H35BN3O4/c1-14-16(21-28-20(7,8)19(5,6)26)13-24(22-14)15-9-11-23(12-10-15)17(25)27-18(2,3)4/h13,15,26H,9-12H2,1-8H3. The highest BCUT2D eigenvalue weighted by Crippen LogP contribution is 2.25. The molecule has 2 rings (SSSR count). The van der Waals surface area contributed by atoms with Crippen molar-refractivity contribution in [3.63, 3.8) is 0 Å². The average Bonchev–Trinajstić information content (AvgIpc) is 2.91. The van der Waals surface area contributed by atoms with Crippen molar-refractivity contribution in [1.82, 2.24) is 14.7 Å². The number of piperidine rings is 1. The van der Waals surface area contributed by atoms with Gasteiger partial charge in [-0.15, -0.1) is 0 Å². The van der Waals surface area contributed by atoms with Crippen LogP contribution >= 0.6 is 0 Å². The van der Waals surface area contributed by atoms with Crippen LogP contribution in [0.5, 0.6) is 0 Å². The summed E-state index contributed by atoms with van der Waals surface area (Å²) in [6.07, 6.45) is 3.38. The van der Waals surface area contributed by atoms with Crippen molar-refractivity contribution in [1.29, 1.82) is 0 Å². The van der Waals surface area contributed by atoms with Gasteiger partial charge in [0, 0.05) is 19.3 Å². The lowest BCUT2D eigenvalue weighted by Gasteiger charge is -2.37. The fourth-order valence-electron chi connectivity index (χ4n) is 2.79. The molecule has 28 heavy (non-hydrogen) atoms. The number of likely N-dealkylation sites (tertiary alicyclic amines) is 1. The van der Waals surface area contributed by atoms with Gasteiger partial charge in [-0.25, -0.2) is 4.79 Å². The number of hydrogen-bond donors (Lipinski definition) is 1. The van der Waals surface area contributed by atoms with E-state index >= 15 is 0 Å². The van der Waals surface area contributed by atoms with Crippen molar-refractivity contribution in [2.45, 2.75) is 91.1 Å². The lowest BCUT2D eigenvalue weighted by atomic mass is 9.83. The molecule has 1 fully saturated rings. The molecule has 1 aromatic rings. The monoisotopic (exact) mass is 392 g/mol. The number of aryl methyl sites for hydroxylation is 1. The predicted octanol–water partition coefficient (Wildman–Crippen LogP) is 2.57. The fourth-order valence-corrected chi connectivity index (χ4v) is 2.79. The molecule has 1 saturated heterocycles. The summed E-state index contributed by atoms with van der Waals surface area (Å²) in [4.78, 5) is 14.0. The number of aromatic nitrogens is 2. The molecule has 0 unspecified atom stereocenters. The van der Waals surface area contributed by atoms with Crippen molar-refractivity contribution in [3.05, 3.63) is 11.9 Å². The molecular formula is C20H35BN3O4. The number of hydrogen-bond acceptors (Lipinski definition) is 5. The predicted molar refractivity (Wildman–Crippen MR) is 110 cm³/mol. The number of ether oxygens (including phenoxy) is 1. The molecule has 1 N–H and O–H groups in total. The minimum Gasteiger partial charge on any atom is -0.444 e. The Morgan fingerprint density at radius 2 is 1.75 bits per heavy atom. The SMILES string of the molecule is Cc1nn(C2CCN(C(=O)OC(C)(C)C)CC2)cc1[B]OC(C)(C)C(C)(C)O. The first-order chi connectivity index (χ1) is 12.7. The Kier molecular flexibility index (Phi) is 6.56. The maximum Gasteiger partial charge on any atom is 0.410 e. The molecular weight excluding hydrogens is 357 g/mol. The summed E-state index contributed by atoms with van der Waals surface area (Å²) in [7, 11) is 1.67. The van der Waals surface area contributed by atoms with E-state index < -0.39 is 16.8 Å². The van der Waals surface area contributed by atoms with E-state index in [1.807, 2.05) is 52.4 Å². The highest BCUT2D eigenvalue weighted by molar-refractivity contribution is 6.47. The summed E-state index contributed by atoms with van der Waals surface area (Å²) in [6, 6.07) is 0.238. The number of carbonyl (C=O) groups excluding carboxylic acids is 1. The first-order valence-corrected chi connectivity index (χ1v) is 9.97. The minimum absolute atomic E-state index is 0.238. The van der Waals surface area contributed by atoms with Gasteiger partial charge in [-0.2, -0.15) is 5.10 Å². The van der Waals surface area contributed by atoms with Gasteiger partial charge in [-0.3, -0.25) is 4.68 Å². The van der Waals surface area contributed by atoms with Gasteiger partial charge in [0.25, 0.3) is 0 Å². The van der Waals surface area contributed by atoms with Crippen molar-refractivity contribution < 1.29 is 19.3 Å². The second-order valence-corrected chi connectivity index (χ2v) is 9.65. The second kappa shape index (κ2) is 8.07. The molecule has 8 heteroatoms. The van der Waals surface area contributed by atoms with Gasteiger partial charge >= 0.3 is 13.6 Å². The molecule has 1 aliphatic heterocycles. The second-order valence-electron chi connectivity index (χ2n) is 9.65. The molecule has 1 radical (unpaired) electrons. The van der Waals surface area contributed by atoms with E-state index in [0.29, 0.717) is 13.1 Å². The van der Waals surface area contributed by atoms with E-state index in [2.05, 4.69) is 5.10 Å². The van der Waals surface area contributed by atoms with E-state index in [0.717, 1.165) is 24.0 Å².